The number of amides is 2. The number of hydrogen-bond donors (Lipinski definition) is 2. The Kier molecular flexibility index (Phi) is 5.91. The Labute approximate surface area is 188 Å². The Morgan fingerprint density at radius 3 is 2.45 bits per heavy atom. The number of nitrogens with one attached hydrogen (secondary N) is 2. The van der Waals surface area contributed by atoms with Crippen LogP contribution < -0.4 is 20.9 Å². The topological polar surface area (TPSA) is 89.4 Å². The van der Waals surface area contributed by atoms with E-state index in [2.05, 4.69) is 10.6 Å². The van der Waals surface area contributed by atoms with Crippen molar-refractivity contribution in [1.29, 1.82) is 0 Å². The van der Waals surface area contributed by atoms with E-state index in [0.29, 0.717) is 28.0 Å². The van der Waals surface area contributed by atoms with Gasteiger partial charge in [0.15, 0.2) is 0 Å². The molecule has 2 N–H and O–H groups in total. The number of benzene rings is 3. The van der Waals surface area contributed by atoms with Gasteiger partial charge in [0.1, 0.15) is 11.6 Å². The Morgan fingerprint density at radius 1 is 0.909 bits per heavy atom. The maximum absolute atomic E-state index is 13.5. The first kappa shape index (κ1) is 21.8. The Balaban J connectivity index is 1.64. The van der Waals surface area contributed by atoms with Crippen molar-refractivity contribution in [2.45, 2.75) is 0 Å². The first-order valence-electron chi connectivity index (χ1n) is 10.0. The molecule has 8 heteroatoms. The number of pyridine rings is 1. The predicted molar refractivity (Wildman–Crippen MR) is 124 cm³/mol. The number of carbonyl (C=O) groups is 2. The smallest absolute Gasteiger partial charge is 0.256 e. The quantitative estimate of drug-likeness (QED) is 0.482. The molecular formula is C25H20FN3O4. The molecule has 0 spiro atoms. The summed E-state index contributed by atoms with van der Waals surface area (Å²) in [6.45, 7) is 0. The third-order valence-electron chi connectivity index (χ3n) is 5.19. The fraction of sp³-hybridized carbons (Fsp3) is 0.0800. The minimum atomic E-state index is -0.533. The standard InChI is InChI=1S/C25H20FN3O4/c1-29-21-9-4-3-8-18(21)19(14-23(29)30)25(32)27-17-10-11-22(33-2)20(13-17)28-24(31)15-6-5-7-16(26)12-15/h3-14H,1-2H3,(H,27,32)(H,28,31). The zero-order chi connectivity index (χ0) is 23.5. The van der Waals surface area contributed by atoms with Crippen molar-refractivity contribution in [2.75, 3.05) is 17.7 Å². The van der Waals surface area contributed by atoms with Gasteiger partial charge in [0.2, 0.25) is 0 Å². The molecule has 0 bridgehead atoms. The molecule has 4 aromatic rings. The monoisotopic (exact) mass is 445 g/mol. The summed E-state index contributed by atoms with van der Waals surface area (Å²) in [5.74, 6) is -1.18. The van der Waals surface area contributed by atoms with Gasteiger partial charge >= 0.3 is 0 Å². The van der Waals surface area contributed by atoms with Crippen LogP contribution in [0.25, 0.3) is 10.9 Å². The van der Waals surface area contributed by atoms with Crippen LogP contribution in [0.15, 0.2) is 77.6 Å². The molecule has 0 aliphatic rings. The van der Waals surface area contributed by atoms with Gasteiger partial charge in [-0.3, -0.25) is 14.4 Å². The molecule has 0 saturated heterocycles. The highest BCUT2D eigenvalue weighted by Crippen LogP contribution is 2.29. The fourth-order valence-electron chi connectivity index (χ4n) is 3.50. The highest BCUT2D eigenvalue weighted by atomic mass is 19.1. The van der Waals surface area contributed by atoms with Crippen LogP contribution in [-0.4, -0.2) is 23.5 Å². The van der Waals surface area contributed by atoms with Gasteiger partial charge in [0.05, 0.1) is 23.9 Å². The minimum Gasteiger partial charge on any atom is -0.495 e. The molecule has 33 heavy (non-hydrogen) atoms. The van der Waals surface area contributed by atoms with Crippen LogP contribution in [0.1, 0.15) is 20.7 Å². The molecule has 0 aliphatic carbocycles. The van der Waals surface area contributed by atoms with Gasteiger partial charge in [-0.25, -0.2) is 4.39 Å². The van der Waals surface area contributed by atoms with Gasteiger partial charge in [0.25, 0.3) is 17.4 Å². The number of ether oxygens (including phenoxy) is 1. The van der Waals surface area contributed by atoms with Crippen molar-refractivity contribution in [3.05, 3.63) is 100 Å². The Hall–Kier alpha value is -4.46. The average molecular weight is 445 g/mol. The predicted octanol–water partition coefficient (Wildman–Crippen LogP) is 4.19. The van der Waals surface area contributed by atoms with Crippen LogP contribution in [0.5, 0.6) is 5.75 Å². The third-order valence-corrected chi connectivity index (χ3v) is 5.19. The van der Waals surface area contributed by atoms with E-state index in [1.807, 2.05) is 0 Å². The summed E-state index contributed by atoms with van der Waals surface area (Å²) >= 11 is 0. The summed E-state index contributed by atoms with van der Waals surface area (Å²) in [7, 11) is 3.08. The van der Waals surface area contributed by atoms with Gasteiger partial charge in [0, 0.05) is 29.8 Å². The highest BCUT2D eigenvalue weighted by Gasteiger charge is 2.16. The number of aromatic nitrogens is 1. The number of methoxy groups -OCH3 is 1. The second-order valence-corrected chi connectivity index (χ2v) is 7.31. The van der Waals surface area contributed by atoms with Gasteiger partial charge in [-0.2, -0.15) is 0 Å². The van der Waals surface area contributed by atoms with Crippen molar-refractivity contribution < 1.29 is 18.7 Å². The van der Waals surface area contributed by atoms with Crippen LogP contribution in [0.2, 0.25) is 0 Å². The number of anilines is 2. The molecule has 0 saturated carbocycles. The molecule has 7 nitrogen and oxygen atoms in total. The number of rotatable bonds is 5. The summed E-state index contributed by atoms with van der Waals surface area (Å²) in [4.78, 5) is 37.9. The lowest BCUT2D eigenvalue weighted by atomic mass is 10.1. The summed E-state index contributed by atoms with van der Waals surface area (Å²) < 4.78 is 20.2. The van der Waals surface area contributed by atoms with E-state index >= 15 is 0 Å². The molecule has 0 aliphatic heterocycles. The molecule has 0 unspecified atom stereocenters. The first-order chi connectivity index (χ1) is 15.9. The first-order valence-corrected chi connectivity index (χ1v) is 10.0. The molecule has 166 valence electrons. The molecule has 0 fully saturated rings. The lowest BCUT2D eigenvalue weighted by molar-refractivity contribution is 0.101. The molecule has 1 aromatic heterocycles. The maximum atomic E-state index is 13.5. The average Bonchev–Trinajstić information content (AvgIpc) is 2.81. The molecule has 0 atom stereocenters. The normalized spacial score (nSPS) is 10.6. The number of fused-ring (bicyclic) bond motifs is 1. The Morgan fingerprint density at radius 2 is 1.70 bits per heavy atom. The lowest BCUT2D eigenvalue weighted by Crippen LogP contribution is -2.21. The zero-order valence-corrected chi connectivity index (χ0v) is 17.9. The molecule has 1 heterocycles. The number of halogens is 1. The van der Waals surface area contributed by atoms with E-state index in [1.165, 1.54) is 42.0 Å². The number of carbonyl (C=O) groups excluding carboxylic acids is 2. The van der Waals surface area contributed by atoms with Gasteiger partial charge in [-0.05, 0) is 42.5 Å². The second kappa shape index (κ2) is 8.96. The fourth-order valence-corrected chi connectivity index (χ4v) is 3.50. The van der Waals surface area contributed by atoms with Crippen LogP contribution in [0.4, 0.5) is 15.8 Å². The van der Waals surface area contributed by atoms with Crippen LogP contribution in [0, 0.1) is 5.82 Å². The summed E-state index contributed by atoms with van der Waals surface area (Å²) in [5.41, 5.74) is 1.36. The van der Waals surface area contributed by atoms with Crippen molar-refractivity contribution in [1.82, 2.24) is 4.57 Å². The van der Waals surface area contributed by atoms with Crippen molar-refractivity contribution in [2.24, 2.45) is 7.05 Å². The minimum absolute atomic E-state index is 0.137. The van der Waals surface area contributed by atoms with E-state index in [0.717, 1.165) is 6.07 Å². The third kappa shape index (κ3) is 4.45. The highest BCUT2D eigenvalue weighted by molar-refractivity contribution is 6.12. The molecule has 3 aromatic carbocycles. The number of hydrogen-bond acceptors (Lipinski definition) is 4. The van der Waals surface area contributed by atoms with Crippen molar-refractivity contribution in [3.63, 3.8) is 0 Å². The van der Waals surface area contributed by atoms with E-state index in [9.17, 15) is 18.8 Å². The Bertz CT molecular complexity index is 1450. The molecular weight excluding hydrogens is 425 g/mol. The largest absolute Gasteiger partial charge is 0.495 e. The zero-order valence-electron chi connectivity index (χ0n) is 17.9. The maximum Gasteiger partial charge on any atom is 0.256 e. The van der Waals surface area contributed by atoms with E-state index in [1.54, 1.807) is 43.4 Å². The van der Waals surface area contributed by atoms with Crippen LogP contribution >= 0.6 is 0 Å². The van der Waals surface area contributed by atoms with Crippen molar-refractivity contribution in [3.8, 4) is 5.75 Å². The number of para-hydroxylation sites is 1. The van der Waals surface area contributed by atoms with E-state index in [4.69, 9.17) is 4.74 Å². The molecule has 4 rings (SSSR count). The number of aryl methyl sites for hydroxylation is 1. The van der Waals surface area contributed by atoms with E-state index in [-0.39, 0.29) is 16.7 Å². The molecule has 0 radical (unpaired) electrons. The summed E-state index contributed by atoms with van der Waals surface area (Å²) in [6, 6.07) is 18.4. The molecule has 2 amide bonds. The summed E-state index contributed by atoms with van der Waals surface area (Å²) in [5, 5.41) is 6.06. The van der Waals surface area contributed by atoms with E-state index < -0.39 is 17.6 Å². The van der Waals surface area contributed by atoms with Crippen LogP contribution in [-0.2, 0) is 7.05 Å². The SMILES string of the molecule is COc1ccc(NC(=O)c2cc(=O)n(C)c3ccccc23)cc1NC(=O)c1cccc(F)c1. The van der Waals surface area contributed by atoms with Gasteiger partial charge in [-0.1, -0.05) is 24.3 Å². The van der Waals surface area contributed by atoms with Gasteiger partial charge < -0.3 is 19.9 Å². The van der Waals surface area contributed by atoms with Gasteiger partial charge in [-0.15, -0.1) is 0 Å². The second-order valence-electron chi connectivity index (χ2n) is 7.31. The lowest BCUT2D eigenvalue weighted by Gasteiger charge is -2.14. The number of nitrogens with zero attached hydrogens (tertiary/aromatic N) is 1. The van der Waals surface area contributed by atoms with Crippen molar-refractivity contribution >= 4 is 34.1 Å². The van der Waals surface area contributed by atoms with Crippen LogP contribution in [0.3, 0.4) is 0 Å². The summed E-state index contributed by atoms with van der Waals surface area (Å²) in [6.07, 6.45) is 0.